The van der Waals surface area contributed by atoms with E-state index in [0.717, 1.165) is 4.90 Å². The molecule has 1 aromatic carbocycles. The molecule has 0 unspecified atom stereocenters. The number of carboxylic acid groups (broad SMARTS) is 1. The van der Waals surface area contributed by atoms with E-state index in [1.807, 2.05) is 19.1 Å². The highest BCUT2D eigenvalue weighted by atomic mass is 35.5. The highest BCUT2D eigenvalue weighted by Gasteiger charge is 2.50. The van der Waals surface area contributed by atoms with Crippen molar-refractivity contribution in [1.82, 2.24) is 0 Å². The molecule has 2 aliphatic rings. The van der Waals surface area contributed by atoms with Gasteiger partial charge in [0.25, 0.3) is 0 Å². The summed E-state index contributed by atoms with van der Waals surface area (Å²) in [6.07, 6.45) is 4.40. The summed E-state index contributed by atoms with van der Waals surface area (Å²) in [5.41, 5.74) is 0.138. The number of nitrogens with zero attached hydrogens (tertiary/aromatic N) is 1. The van der Waals surface area contributed by atoms with Crippen molar-refractivity contribution in [2.75, 3.05) is 4.90 Å². The largest absolute Gasteiger partial charge is 0.478 e. The second-order valence-electron chi connectivity index (χ2n) is 5.64. The molecule has 0 spiro atoms. The normalized spacial score (nSPS) is 27.2. The van der Waals surface area contributed by atoms with E-state index in [1.165, 1.54) is 18.2 Å². The van der Waals surface area contributed by atoms with Crippen LogP contribution in [0.5, 0.6) is 0 Å². The standard InChI is InChI=1S/C16H14ClNO4/c1-8-3-2-4-10-13(8)15(20)18(14(10)19)9-5-6-12(17)11(7-9)16(21)22/h2-3,5-8,10,13H,4H2,1H3,(H,21,22)/t8-,10-,13-/m1/s1. The topological polar surface area (TPSA) is 74.7 Å². The lowest BCUT2D eigenvalue weighted by atomic mass is 9.78. The van der Waals surface area contributed by atoms with E-state index in [1.54, 1.807) is 0 Å². The molecule has 5 nitrogen and oxygen atoms in total. The zero-order valence-electron chi connectivity index (χ0n) is 11.8. The number of imide groups is 1. The molecule has 1 aliphatic heterocycles. The van der Waals surface area contributed by atoms with Crippen molar-refractivity contribution in [2.24, 2.45) is 17.8 Å². The molecule has 22 heavy (non-hydrogen) atoms. The smallest absolute Gasteiger partial charge is 0.337 e. The molecule has 0 aromatic heterocycles. The molecule has 0 saturated carbocycles. The molecular weight excluding hydrogens is 306 g/mol. The van der Waals surface area contributed by atoms with Crippen molar-refractivity contribution >= 4 is 35.1 Å². The van der Waals surface area contributed by atoms with E-state index in [0.29, 0.717) is 6.42 Å². The first kappa shape index (κ1) is 14.8. The van der Waals surface area contributed by atoms with Gasteiger partial charge in [0, 0.05) is 0 Å². The Bertz CT molecular complexity index is 712. The van der Waals surface area contributed by atoms with Crippen LogP contribution < -0.4 is 4.90 Å². The number of allylic oxidation sites excluding steroid dienone is 2. The summed E-state index contributed by atoms with van der Waals surface area (Å²) < 4.78 is 0. The number of hydrogen-bond acceptors (Lipinski definition) is 3. The Hall–Kier alpha value is -2.14. The fourth-order valence-electron chi connectivity index (χ4n) is 3.22. The molecule has 1 aromatic rings. The Morgan fingerprint density at radius 1 is 1.32 bits per heavy atom. The fourth-order valence-corrected chi connectivity index (χ4v) is 3.42. The Morgan fingerprint density at radius 3 is 2.68 bits per heavy atom. The van der Waals surface area contributed by atoms with E-state index < -0.39 is 5.97 Å². The van der Waals surface area contributed by atoms with Crippen molar-refractivity contribution in [1.29, 1.82) is 0 Å². The molecule has 3 atom stereocenters. The molecule has 6 heteroatoms. The van der Waals surface area contributed by atoms with Gasteiger partial charge in [-0.25, -0.2) is 4.79 Å². The maximum Gasteiger partial charge on any atom is 0.337 e. The van der Waals surface area contributed by atoms with Gasteiger partial charge < -0.3 is 5.11 Å². The molecular formula is C16H14ClNO4. The minimum Gasteiger partial charge on any atom is -0.478 e. The van der Waals surface area contributed by atoms with Crippen LogP contribution in [0.25, 0.3) is 0 Å². The number of fused-ring (bicyclic) bond motifs is 1. The summed E-state index contributed by atoms with van der Waals surface area (Å²) in [7, 11) is 0. The summed E-state index contributed by atoms with van der Waals surface area (Å²) in [5.74, 6) is -2.49. The first-order valence-electron chi connectivity index (χ1n) is 6.99. The first-order valence-corrected chi connectivity index (χ1v) is 7.37. The number of amides is 2. The number of carbonyl (C=O) groups excluding carboxylic acids is 2. The van der Waals surface area contributed by atoms with Crippen LogP contribution in [0, 0.1) is 17.8 Å². The zero-order valence-corrected chi connectivity index (χ0v) is 12.6. The molecule has 1 fully saturated rings. The van der Waals surface area contributed by atoms with Gasteiger partial charge in [0.2, 0.25) is 11.8 Å². The summed E-state index contributed by atoms with van der Waals surface area (Å²) in [6, 6.07) is 4.17. The quantitative estimate of drug-likeness (QED) is 0.672. The van der Waals surface area contributed by atoms with E-state index >= 15 is 0 Å². The van der Waals surface area contributed by atoms with Crippen LogP contribution in [0.15, 0.2) is 30.4 Å². The highest BCUT2D eigenvalue weighted by molar-refractivity contribution is 6.34. The maximum atomic E-state index is 12.6. The number of hydrogen-bond donors (Lipinski definition) is 1. The molecule has 2 amide bonds. The average Bonchev–Trinajstić information content (AvgIpc) is 2.73. The number of anilines is 1. The molecule has 1 heterocycles. The minimum atomic E-state index is -1.20. The second-order valence-corrected chi connectivity index (χ2v) is 6.04. The summed E-state index contributed by atoms with van der Waals surface area (Å²) in [4.78, 5) is 37.4. The van der Waals surface area contributed by atoms with Gasteiger partial charge in [-0.15, -0.1) is 0 Å². The number of aromatic carboxylic acids is 1. The van der Waals surface area contributed by atoms with Crippen LogP contribution in [0.4, 0.5) is 5.69 Å². The highest BCUT2D eigenvalue weighted by Crippen LogP contribution is 2.40. The van der Waals surface area contributed by atoms with Gasteiger partial charge in [-0.05, 0) is 30.5 Å². The predicted molar refractivity (Wildman–Crippen MR) is 80.8 cm³/mol. The molecule has 114 valence electrons. The molecule has 1 N–H and O–H groups in total. The van der Waals surface area contributed by atoms with Gasteiger partial charge >= 0.3 is 5.97 Å². The van der Waals surface area contributed by atoms with Gasteiger partial charge in [-0.3, -0.25) is 14.5 Å². The first-order chi connectivity index (χ1) is 10.4. The third kappa shape index (κ3) is 2.13. The van der Waals surface area contributed by atoms with E-state index in [2.05, 4.69) is 0 Å². The van der Waals surface area contributed by atoms with Gasteiger partial charge in [0.1, 0.15) is 0 Å². The summed E-state index contributed by atoms with van der Waals surface area (Å²) in [6.45, 7) is 1.91. The van der Waals surface area contributed by atoms with E-state index in [-0.39, 0.29) is 45.8 Å². The Morgan fingerprint density at radius 2 is 2.05 bits per heavy atom. The minimum absolute atomic E-state index is 0.00792. The van der Waals surface area contributed by atoms with Gasteiger partial charge in [-0.1, -0.05) is 30.7 Å². The molecule has 0 bridgehead atoms. The number of carbonyl (C=O) groups is 3. The SMILES string of the molecule is C[C@@H]1C=CC[C@H]2C(=O)N(c3ccc(Cl)c(C(=O)O)c3)C(=O)[C@H]12. The van der Waals surface area contributed by atoms with Crippen molar-refractivity contribution in [3.8, 4) is 0 Å². The van der Waals surface area contributed by atoms with Gasteiger partial charge in [0.05, 0.1) is 28.1 Å². The molecule has 1 saturated heterocycles. The maximum absolute atomic E-state index is 12.6. The summed E-state index contributed by atoms with van der Waals surface area (Å²) >= 11 is 5.84. The zero-order chi connectivity index (χ0) is 16.0. The molecule has 3 rings (SSSR count). The monoisotopic (exact) mass is 319 g/mol. The van der Waals surface area contributed by atoms with E-state index in [9.17, 15) is 14.4 Å². The van der Waals surface area contributed by atoms with E-state index in [4.69, 9.17) is 16.7 Å². The van der Waals surface area contributed by atoms with Crippen molar-refractivity contribution in [2.45, 2.75) is 13.3 Å². The van der Waals surface area contributed by atoms with Crippen LogP contribution in [0.2, 0.25) is 5.02 Å². The lowest BCUT2D eigenvalue weighted by Crippen LogP contribution is -2.31. The Kier molecular flexibility index (Phi) is 3.53. The fraction of sp³-hybridized carbons (Fsp3) is 0.312. The lowest BCUT2D eigenvalue weighted by molar-refractivity contribution is -0.122. The summed E-state index contributed by atoms with van der Waals surface area (Å²) in [5, 5.41) is 9.20. The Balaban J connectivity index is 2.03. The molecule has 0 radical (unpaired) electrons. The van der Waals surface area contributed by atoms with Crippen LogP contribution in [-0.4, -0.2) is 22.9 Å². The van der Waals surface area contributed by atoms with Crippen molar-refractivity contribution < 1.29 is 19.5 Å². The average molecular weight is 320 g/mol. The lowest BCUT2D eigenvalue weighted by Gasteiger charge is -2.22. The number of halogens is 1. The van der Waals surface area contributed by atoms with Crippen LogP contribution in [-0.2, 0) is 9.59 Å². The number of carboxylic acids is 1. The number of benzene rings is 1. The second kappa shape index (κ2) is 5.25. The molecule has 1 aliphatic carbocycles. The third-order valence-electron chi connectivity index (χ3n) is 4.31. The number of rotatable bonds is 2. The van der Waals surface area contributed by atoms with Crippen LogP contribution in [0.1, 0.15) is 23.7 Å². The Labute approximate surface area is 132 Å². The third-order valence-corrected chi connectivity index (χ3v) is 4.64. The van der Waals surface area contributed by atoms with Gasteiger partial charge in [-0.2, -0.15) is 0 Å². The van der Waals surface area contributed by atoms with Gasteiger partial charge in [0.15, 0.2) is 0 Å². The van der Waals surface area contributed by atoms with Crippen LogP contribution >= 0.6 is 11.6 Å². The van der Waals surface area contributed by atoms with Crippen molar-refractivity contribution in [3.05, 3.63) is 40.9 Å². The van der Waals surface area contributed by atoms with Crippen molar-refractivity contribution in [3.63, 3.8) is 0 Å². The van der Waals surface area contributed by atoms with Crippen LogP contribution in [0.3, 0.4) is 0 Å². The predicted octanol–water partition coefficient (Wildman–Crippen LogP) is 2.74.